The molecule has 1 N–H and O–H groups in total. The Hall–Kier alpha value is -1.25. The maximum atomic E-state index is 14.0. The van der Waals surface area contributed by atoms with E-state index in [4.69, 9.17) is 0 Å². The molecule has 0 aromatic heterocycles. The largest absolute Gasteiger partial charge is 0.361 e. The Labute approximate surface area is 103 Å². The molecule has 1 aliphatic rings. The van der Waals surface area contributed by atoms with Crippen LogP contribution in [-0.2, 0) is 0 Å². The van der Waals surface area contributed by atoms with Gasteiger partial charge in [0.25, 0.3) is 0 Å². The minimum atomic E-state index is -0.138. The highest BCUT2D eigenvalue weighted by atomic mass is 19.1. The van der Waals surface area contributed by atoms with Gasteiger partial charge in [0.05, 0.1) is 17.5 Å². The van der Waals surface area contributed by atoms with E-state index in [1.54, 1.807) is 6.07 Å². The number of anilines is 2. The maximum Gasteiger partial charge on any atom is 0.148 e. The zero-order valence-corrected chi connectivity index (χ0v) is 11.2. The van der Waals surface area contributed by atoms with Gasteiger partial charge in [-0.1, -0.05) is 13.8 Å². The molecule has 0 spiro atoms. The Bertz CT molecular complexity index is 426. The molecule has 1 atom stereocenters. The van der Waals surface area contributed by atoms with Crippen molar-refractivity contribution in [3.05, 3.63) is 23.5 Å². The van der Waals surface area contributed by atoms with Crippen LogP contribution in [0.1, 0.15) is 46.1 Å². The number of fused-ring (bicyclic) bond motifs is 1. The molecule has 1 aromatic carbocycles. The lowest BCUT2D eigenvalue weighted by Gasteiger charge is -2.28. The van der Waals surface area contributed by atoms with E-state index >= 15 is 0 Å². The van der Waals surface area contributed by atoms with Gasteiger partial charge in [0.1, 0.15) is 5.82 Å². The fraction of sp³-hybridized carbons (Fsp3) is 0.571. The molecule has 1 aliphatic heterocycles. The van der Waals surface area contributed by atoms with E-state index in [0.29, 0.717) is 17.6 Å². The third-order valence-corrected chi connectivity index (χ3v) is 3.36. The van der Waals surface area contributed by atoms with Crippen LogP contribution in [0.2, 0.25) is 0 Å². The van der Waals surface area contributed by atoms with Crippen molar-refractivity contribution >= 4 is 11.4 Å². The van der Waals surface area contributed by atoms with Crippen LogP contribution in [0.5, 0.6) is 0 Å². The predicted molar refractivity (Wildman–Crippen MR) is 71.2 cm³/mol. The van der Waals surface area contributed by atoms with Crippen LogP contribution < -0.4 is 10.2 Å². The highest BCUT2D eigenvalue weighted by molar-refractivity contribution is 5.77. The number of nitrogens with zero attached hydrogens (tertiary/aromatic N) is 1. The van der Waals surface area contributed by atoms with E-state index in [1.807, 2.05) is 0 Å². The summed E-state index contributed by atoms with van der Waals surface area (Å²) in [5.41, 5.74) is 2.70. The summed E-state index contributed by atoms with van der Waals surface area (Å²) in [6.45, 7) is 10.5. The average Bonchev–Trinajstić information content (AvgIpc) is 2.54. The molecule has 0 aliphatic carbocycles. The molecule has 17 heavy (non-hydrogen) atoms. The second-order valence-electron chi connectivity index (χ2n) is 5.37. The molecule has 94 valence electrons. The molecule has 0 fully saturated rings. The average molecular weight is 236 g/mol. The molecule has 0 bridgehead atoms. The number of benzene rings is 1. The summed E-state index contributed by atoms with van der Waals surface area (Å²) in [5.74, 6) is 0.209. The van der Waals surface area contributed by atoms with Gasteiger partial charge in [0.15, 0.2) is 0 Å². The van der Waals surface area contributed by atoms with Gasteiger partial charge in [-0.2, -0.15) is 0 Å². The van der Waals surface area contributed by atoms with Gasteiger partial charge in [-0.05, 0) is 44.4 Å². The summed E-state index contributed by atoms with van der Waals surface area (Å²) < 4.78 is 14.0. The summed E-state index contributed by atoms with van der Waals surface area (Å²) in [5, 5.41) is 3.21. The summed E-state index contributed by atoms with van der Waals surface area (Å²) >= 11 is 0. The minimum absolute atomic E-state index is 0.138. The third kappa shape index (κ3) is 1.99. The zero-order chi connectivity index (χ0) is 12.7. The topological polar surface area (TPSA) is 15.3 Å². The molecule has 2 nitrogen and oxygen atoms in total. The van der Waals surface area contributed by atoms with Crippen molar-refractivity contribution < 1.29 is 4.39 Å². The Morgan fingerprint density at radius 2 is 1.88 bits per heavy atom. The lowest BCUT2D eigenvalue weighted by Crippen LogP contribution is -2.38. The van der Waals surface area contributed by atoms with Gasteiger partial charge in [-0.25, -0.2) is 4.39 Å². The van der Waals surface area contributed by atoms with Gasteiger partial charge in [0, 0.05) is 6.04 Å². The summed E-state index contributed by atoms with van der Waals surface area (Å²) in [4.78, 5) is 2.23. The molecule has 1 unspecified atom stereocenters. The fourth-order valence-electron chi connectivity index (χ4n) is 2.50. The number of hydrogen-bond donors (Lipinski definition) is 1. The van der Waals surface area contributed by atoms with Gasteiger partial charge >= 0.3 is 0 Å². The quantitative estimate of drug-likeness (QED) is 0.836. The van der Waals surface area contributed by atoms with Crippen LogP contribution in [0.3, 0.4) is 0 Å². The predicted octanol–water partition coefficient (Wildman–Crippen LogP) is 3.94. The number of halogens is 1. The monoisotopic (exact) mass is 236 g/mol. The van der Waals surface area contributed by atoms with Crippen molar-refractivity contribution in [1.29, 1.82) is 0 Å². The smallest absolute Gasteiger partial charge is 0.148 e. The minimum Gasteiger partial charge on any atom is -0.361 e. The number of nitrogens with one attached hydrogen (secondary N) is 1. The summed E-state index contributed by atoms with van der Waals surface area (Å²) in [6.07, 6.45) is 0.155. The van der Waals surface area contributed by atoms with E-state index in [9.17, 15) is 4.39 Å². The van der Waals surface area contributed by atoms with Gasteiger partial charge in [-0.15, -0.1) is 0 Å². The molecule has 3 heteroatoms. The third-order valence-electron chi connectivity index (χ3n) is 3.36. The van der Waals surface area contributed by atoms with Crippen LogP contribution in [0, 0.1) is 5.82 Å². The van der Waals surface area contributed by atoms with Gasteiger partial charge < -0.3 is 10.2 Å². The highest BCUT2D eigenvalue weighted by Gasteiger charge is 2.30. The molecule has 0 radical (unpaired) electrons. The van der Waals surface area contributed by atoms with Crippen LogP contribution in [0.15, 0.2) is 12.1 Å². The highest BCUT2D eigenvalue weighted by Crippen LogP contribution is 2.40. The number of rotatable bonds is 2. The molecule has 1 aromatic rings. The Balaban J connectivity index is 2.52. The van der Waals surface area contributed by atoms with E-state index < -0.39 is 0 Å². The Kier molecular flexibility index (Phi) is 3.02. The Morgan fingerprint density at radius 1 is 1.24 bits per heavy atom. The molecular weight excluding hydrogens is 215 g/mol. The van der Waals surface area contributed by atoms with Crippen LogP contribution in [-0.4, -0.2) is 12.2 Å². The molecule has 2 rings (SSSR count). The lowest BCUT2D eigenvalue weighted by atomic mass is 10.0. The van der Waals surface area contributed by atoms with E-state index in [-0.39, 0.29) is 12.0 Å². The van der Waals surface area contributed by atoms with E-state index in [0.717, 1.165) is 11.3 Å². The standard InChI is InChI=1S/C14H21FN2/c1-8(2)11-6-12(15)14-13(7-11)17(9(3)4)10(5)16-14/h6-10,16H,1-5H3. The molecule has 0 saturated carbocycles. The van der Waals surface area contributed by atoms with E-state index in [1.165, 1.54) is 0 Å². The van der Waals surface area contributed by atoms with Crippen LogP contribution in [0.4, 0.5) is 15.8 Å². The zero-order valence-electron chi connectivity index (χ0n) is 11.2. The first kappa shape index (κ1) is 12.2. The maximum absolute atomic E-state index is 14.0. The molecule has 1 heterocycles. The first-order chi connectivity index (χ1) is 7.91. The Morgan fingerprint density at radius 3 is 2.41 bits per heavy atom. The second kappa shape index (κ2) is 4.21. The molecule has 0 amide bonds. The first-order valence-corrected chi connectivity index (χ1v) is 6.30. The van der Waals surface area contributed by atoms with Crippen LogP contribution in [0.25, 0.3) is 0 Å². The fourth-order valence-corrected chi connectivity index (χ4v) is 2.50. The molecular formula is C14H21FN2. The van der Waals surface area contributed by atoms with Crippen molar-refractivity contribution in [2.75, 3.05) is 10.2 Å². The lowest BCUT2D eigenvalue weighted by molar-refractivity contribution is 0.626. The van der Waals surface area contributed by atoms with Crippen molar-refractivity contribution in [2.24, 2.45) is 0 Å². The molecule has 0 saturated heterocycles. The van der Waals surface area contributed by atoms with Crippen molar-refractivity contribution in [3.63, 3.8) is 0 Å². The summed E-state index contributed by atoms with van der Waals surface area (Å²) in [6, 6.07) is 4.12. The van der Waals surface area contributed by atoms with Gasteiger partial charge in [0.2, 0.25) is 0 Å². The van der Waals surface area contributed by atoms with E-state index in [2.05, 4.69) is 50.9 Å². The summed E-state index contributed by atoms with van der Waals surface area (Å²) in [7, 11) is 0. The number of hydrogen-bond acceptors (Lipinski definition) is 2. The van der Waals surface area contributed by atoms with Crippen molar-refractivity contribution in [2.45, 2.75) is 52.7 Å². The SMILES string of the molecule is CC(C)c1cc(F)c2c(c1)N(C(C)C)C(C)N2. The van der Waals surface area contributed by atoms with Crippen LogP contribution >= 0.6 is 0 Å². The second-order valence-corrected chi connectivity index (χ2v) is 5.37. The first-order valence-electron chi connectivity index (χ1n) is 6.30. The van der Waals surface area contributed by atoms with Gasteiger partial charge in [-0.3, -0.25) is 0 Å². The normalized spacial score (nSPS) is 18.8. The van der Waals surface area contributed by atoms with Crippen molar-refractivity contribution in [1.82, 2.24) is 0 Å². The van der Waals surface area contributed by atoms with Crippen molar-refractivity contribution in [3.8, 4) is 0 Å².